The predicted octanol–water partition coefficient (Wildman–Crippen LogP) is 3.71. The molecule has 0 unspecified atom stereocenters. The lowest BCUT2D eigenvalue weighted by Gasteiger charge is -2.30. The van der Waals surface area contributed by atoms with Crippen LogP contribution in [0, 0.1) is 0 Å². The van der Waals surface area contributed by atoms with E-state index in [1.165, 1.54) is 16.8 Å². The van der Waals surface area contributed by atoms with Gasteiger partial charge < -0.3 is 4.90 Å². The first-order valence-electron chi connectivity index (χ1n) is 10.5. The zero-order valence-electron chi connectivity index (χ0n) is 17.0. The van der Waals surface area contributed by atoms with Crippen molar-refractivity contribution < 1.29 is 4.79 Å². The molecule has 0 aliphatic carbocycles. The van der Waals surface area contributed by atoms with Gasteiger partial charge in [0.2, 0.25) is 5.91 Å². The molecule has 2 aliphatic rings. The van der Waals surface area contributed by atoms with Crippen molar-refractivity contribution in [2.75, 3.05) is 19.6 Å². The predicted molar refractivity (Wildman–Crippen MR) is 110 cm³/mol. The molecule has 0 saturated carbocycles. The summed E-state index contributed by atoms with van der Waals surface area (Å²) in [7, 11) is 0. The fourth-order valence-corrected chi connectivity index (χ4v) is 4.48. The van der Waals surface area contributed by atoms with Crippen molar-refractivity contribution in [2.45, 2.75) is 58.0 Å². The number of hydrogen-bond acceptors (Lipinski definition) is 4. The maximum Gasteiger partial charge on any atom is 0.220 e. The van der Waals surface area contributed by atoms with Gasteiger partial charge in [-0.1, -0.05) is 37.3 Å². The third-order valence-corrected chi connectivity index (χ3v) is 6.23. The van der Waals surface area contributed by atoms with Gasteiger partial charge in [-0.2, -0.15) is 0 Å². The maximum absolute atomic E-state index is 11.9. The minimum absolute atomic E-state index is 0.0625. The van der Waals surface area contributed by atoms with Gasteiger partial charge in [-0.3, -0.25) is 9.69 Å². The van der Waals surface area contributed by atoms with Gasteiger partial charge in [0.05, 0.1) is 6.04 Å². The van der Waals surface area contributed by atoms with Gasteiger partial charge >= 0.3 is 0 Å². The summed E-state index contributed by atoms with van der Waals surface area (Å²) in [6, 6.07) is 10.8. The summed E-state index contributed by atoms with van der Waals surface area (Å²) in [6.07, 6.45) is 6.15. The average Bonchev–Trinajstić information content (AvgIpc) is 3.22. The van der Waals surface area contributed by atoms with Crippen molar-refractivity contribution in [1.82, 2.24) is 19.8 Å². The zero-order valence-corrected chi connectivity index (χ0v) is 17.0. The summed E-state index contributed by atoms with van der Waals surface area (Å²) < 4.78 is 0. The molecule has 1 saturated heterocycles. The van der Waals surface area contributed by atoms with Crippen LogP contribution in [0.25, 0.3) is 0 Å². The van der Waals surface area contributed by atoms with Crippen LogP contribution in [-0.4, -0.2) is 45.3 Å². The first-order chi connectivity index (χ1) is 13.6. The van der Waals surface area contributed by atoms with Crippen LogP contribution >= 0.6 is 0 Å². The van der Waals surface area contributed by atoms with Gasteiger partial charge in [0, 0.05) is 50.4 Å². The van der Waals surface area contributed by atoms with Crippen LogP contribution in [0.5, 0.6) is 0 Å². The van der Waals surface area contributed by atoms with Crippen LogP contribution in [0.4, 0.5) is 0 Å². The third-order valence-electron chi connectivity index (χ3n) is 6.23. The number of amides is 1. The van der Waals surface area contributed by atoms with E-state index in [4.69, 9.17) is 4.98 Å². The van der Waals surface area contributed by atoms with Crippen LogP contribution < -0.4 is 0 Å². The Morgan fingerprint density at radius 1 is 1.25 bits per heavy atom. The van der Waals surface area contributed by atoms with Crippen molar-refractivity contribution in [2.24, 2.45) is 0 Å². The number of likely N-dealkylation sites (tertiary alicyclic amines) is 1. The molecule has 1 fully saturated rings. The summed E-state index contributed by atoms with van der Waals surface area (Å²) in [6.45, 7) is 7.85. The largest absolute Gasteiger partial charge is 0.333 e. The highest BCUT2D eigenvalue weighted by molar-refractivity contribution is 5.74. The van der Waals surface area contributed by atoms with E-state index in [0.717, 1.165) is 57.7 Å². The van der Waals surface area contributed by atoms with Gasteiger partial charge in [-0.05, 0) is 37.3 Å². The Kier molecular flexibility index (Phi) is 5.72. The highest BCUT2D eigenvalue weighted by Gasteiger charge is 2.31. The Bertz CT molecular complexity index is 823. The summed E-state index contributed by atoms with van der Waals surface area (Å²) in [4.78, 5) is 25.8. The lowest BCUT2D eigenvalue weighted by atomic mass is 9.97. The molecule has 5 heteroatoms. The first-order valence-corrected chi connectivity index (χ1v) is 10.5. The van der Waals surface area contributed by atoms with E-state index in [9.17, 15) is 4.79 Å². The second kappa shape index (κ2) is 8.39. The van der Waals surface area contributed by atoms with Crippen molar-refractivity contribution in [3.8, 4) is 0 Å². The number of carbonyl (C=O) groups is 1. The quantitative estimate of drug-likeness (QED) is 0.796. The standard InChI is InChI=1S/C23H30N4O/c1-17(19-7-4-3-5-8-19)10-13-26-14-11-21-20(16-26)15-24-23(25-21)22-9-6-12-27(22)18(2)28/h3-5,7-8,15,17,22H,6,9-14,16H2,1-2H3/t17-,22-/m0/s1. The fourth-order valence-electron chi connectivity index (χ4n) is 4.48. The minimum atomic E-state index is 0.0625. The molecule has 2 aliphatic heterocycles. The molecule has 0 radical (unpaired) electrons. The number of carbonyl (C=O) groups excluding carboxylic acids is 1. The zero-order chi connectivity index (χ0) is 19.5. The Morgan fingerprint density at radius 3 is 2.86 bits per heavy atom. The monoisotopic (exact) mass is 378 g/mol. The number of rotatable bonds is 5. The van der Waals surface area contributed by atoms with Gasteiger partial charge in [-0.15, -0.1) is 0 Å². The van der Waals surface area contributed by atoms with Crippen LogP contribution in [0.1, 0.15) is 67.7 Å². The van der Waals surface area contributed by atoms with E-state index in [-0.39, 0.29) is 11.9 Å². The summed E-state index contributed by atoms with van der Waals surface area (Å²) in [5.74, 6) is 1.53. The minimum Gasteiger partial charge on any atom is -0.333 e. The van der Waals surface area contributed by atoms with E-state index < -0.39 is 0 Å². The van der Waals surface area contributed by atoms with Crippen molar-refractivity contribution in [3.05, 3.63) is 59.2 Å². The van der Waals surface area contributed by atoms with Gasteiger partial charge in [0.15, 0.2) is 5.82 Å². The third kappa shape index (κ3) is 4.09. The Labute approximate surface area is 167 Å². The number of aromatic nitrogens is 2. The molecule has 1 aromatic carbocycles. The van der Waals surface area contributed by atoms with Gasteiger partial charge in [0.25, 0.3) is 0 Å². The SMILES string of the molecule is CC(=O)N1CCC[C@H]1c1ncc2c(n1)CCN(CC[C@H](C)c1ccccc1)C2. The molecule has 5 nitrogen and oxygen atoms in total. The molecule has 28 heavy (non-hydrogen) atoms. The molecule has 2 atom stereocenters. The Morgan fingerprint density at radius 2 is 2.07 bits per heavy atom. The molecule has 0 bridgehead atoms. The maximum atomic E-state index is 11.9. The van der Waals surface area contributed by atoms with Crippen LogP contribution in [0.2, 0.25) is 0 Å². The lowest BCUT2D eigenvalue weighted by molar-refractivity contribution is -0.129. The van der Waals surface area contributed by atoms with Crippen LogP contribution in [-0.2, 0) is 17.8 Å². The Balaban J connectivity index is 1.37. The molecule has 148 valence electrons. The topological polar surface area (TPSA) is 49.3 Å². The van der Waals surface area contributed by atoms with E-state index in [2.05, 4.69) is 47.1 Å². The second-order valence-electron chi connectivity index (χ2n) is 8.20. The molecular formula is C23H30N4O. The lowest BCUT2D eigenvalue weighted by Crippen LogP contribution is -2.34. The van der Waals surface area contributed by atoms with E-state index in [0.29, 0.717) is 5.92 Å². The molecule has 0 N–H and O–H groups in total. The van der Waals surface area contributed by atoms with Gasteiger partial charge in [-0.25, -0.2) is 9.97 Å². The van der Waals surface area contributed by atoms with Crippen molar-refractivity contribution >= 4 is 5.91 Å². The van der Waals surface area contributed by atoms with E-state index >= 15 is 0 Å². The number of nitrogens with zero attached hydrogens (tertiary/aromatic N) is 4. The normalized spacial score (nSPS) is 20.8. The van der Waals surface area contributed by atoms with Crippen molar-refractivity contribution in [3.63, 3.8) is 0 Å². The molecule has 1 aromatic heterocycles. The molecule has 1 amide bonds. The number of hydrogen-bond donors (Lipinski definition) is 0. The summed E-state index contributed by atoms with van der Waals surface area (Å²) >= 11 is 0. The van der Waals surface area contributed by atoms with Crippen LogP contribution in [0.3, 0.4) is 0 Å². The first kappa shape index (κ1) is 19.1. The average molecular weight is 379 g/mol. The summed E-state index contributed by atoms with van der Waals surface area (Å²) in [5, 5.41) is 0. The molecule has 3 heterocycles. The molecule has 0 spiro atoms. The van der Waals surface area contributed by atoms with E-state index in [1.54, 1.807) is 6.92 Å². The van der Waals surface area contributed by atoms with E-state index in [1.807, 2.05) is 11.1 Å². The Hall–Kier alpha value is -2.27. The molecule has 4 rings (SSSR count). The van der Waals surface area contributed by atoms with Crippen LogP contribution in [0.15, 0.2) is 36.5 Å². The summed E-state index contributed by atoms with van der Waals surface area (Å²) in [5.41, 5.74) is 3.84. The van der Waals surface area contributed by atoms with Crippen molar-refractivity contribution in [1.29, 1.82) is 0 Å². The smallest absolute Gasteiger partial charge is 0.220 e. The van der Waals surface area contributed by atoms with Gasteiger partial charge in [0.1, 0.15) is 0 Å². The highest BCUT2D eigenvalue weighted by atomic mass is 16.2. The fraction of sp³-hybridized carbons (Fsp3) is 0.522. The number of benzene rings is 1. The molecule has 2 aromatic rings. The number of fused-ring (bicyclic) bond motifs is 1. The highest BCUT2D eigenvalue weighted by Crippen LogP contribution is 2.31. The second-order valence-corrected chi connectivity index (χ2v) is 8.20. The molecular weight excluding hydrogens is 348 g/mol.